The lowest BCUT2D eigenvalue weighted by molar-refractivity contribution is -0.150. The van der Waals surface area contributed by atoms with Crippen LogP contribution in [-0.2, 0) is 49.3 Å². The summed E-state index contributed by atoms with van der Waals surface area (Å²) in [5.41, 5.74) is 1.58. The van der Waals surface area contributed by atoms with Crippen molar-refractivity contribution in [2.75, 3.05) is 77.4 Å². The highest BCUT2D eigenvalue weighted by molar-refractivity contribution is 7.89. The molecule has 7 atom stereocenters. The number of esters is 1. The minimum absolute atomic E-state index is 0.0674. The smallest absolute Gasteiger partial charge is 0.417 e. The molecule has 1 amide bonds. The standard InChI is InChI=1S/C44H61N4O13PS/c1-6-55-42(50)32(4)60-62(52,61-36-10-8-7-9-11-36)30-58-35-16-12-33(13-17-35)26-39(45-44(51)59-41-29-57-43-38(41)20-25-56-43)40(49)28-48(27-31(2)3)63(53,54)37-18-14-34(15-19-37)47-23-21-46(5)22-24-47/h7-19,31-32,38-41,43,49H,6,20-30H2,1-5H3,(H,45,51)/t32-,38-,39-,40+,41-,43+,62?/m0/s1. The van der Waals surface area contributed by atoms with E-state index >= 15 is 0 Å². The third-order valence-corrected chi connectivity index (χ3v) is 14.4. The zero-order valence-corrected chi connectivity index (χ0v) is 38.3. The molecule has 346 valence electrons. The van der Waals surface area contributed by atoms with Crippen LogP contribution in [0.2, 0.25) is 0 Å². The van der Waals surface area contributed by atoms with Crippen molar-refractivity contribution in [3.05, 3.63) is 84.4 Å². The van der Waals surface area contributed by atoms with Crippen LogP contribution in [0.1, 0.15) is 39.7 Å². The van der Waals surface area contributed by atoms with Gasteiger partial charge in [-0.05, 0) is 93.7 Å². The van der Waals surface area contributed by atoms with E-state index in [1.165, 1.54) is 11.2 Å². The number of aliphatic hydroxyl groups is 1. The Balaban J connectivity index is 1.17. The molecule has 19 heteroatoms. The van der Waals surface area contributed by atoms with E-state index in [1.807, 2.05) is 26.0 Å². The highest BCUT2D eigenvalue weighted by Gasteiger charge is 2.44. The molecule has 1 unspecified atom stereocenters. The third kappa shape index (κ3) is 13.4. The maximum atomic E-state index is 14.2. The number of nitrogens with one attached hydrogen (secondary N) is 1. The molecule has 0 radical (unpaired) electrons. The number of sulfonamides is 1. The van der Waals surface area contributed by atoms with Crippen LogP contribution in [0.15, 0.2) is 83.8 Å². The number of rotatable bonds is 21. The molecule has 3 fully saturated rings. The molecule has 0 aliphatic carbocycles. The Morgan fingerprint density at radius 3 is 2.30 bits per heavy atom. The molecule has 0 bridgehead atoms. The van der Waals surface area contributed by atoms with Crippen LogP contribution in [-0.4, -0.2) is 138 Å². The molecule has 17 nitrogen and oxygen atoms in total. The summed E-state index contributed by atoms with van der Waals surface area (Å²) in [4.78, 5) is 30.4. The number of alkyl carbamates (subject to hydrolysis) is 1. The number of benzene rings is 3. The van der Waals surface area contributed by atoms with Gasteiger partial charge in [0.2, 0.25) is 16.4 Å². The number of anilines is 1. The fourth-order valence-electron chi connectivity index (χ4n) is 7.60. The van der Waals surface area contributed by atoms with Crippen LogP contribution < -0.4 is 19.5 Å². The average Bonchev–Trinajstić information content (AvgIpc) is 3.89. The van der Waals surface area contributed by atoms with E-state index in [9.17, 15) is 27.7 Å². The van der Waals surface area contributed by atoms with E-state index < -0.39 is 66.7 Å². The molecule has 3 aromatic rings. The summed E-state index contributed by atoms with van der Waals surface area (Å²) in [7, 11) is -6.10. The lowest BCUT2D eigenvalue weighted by Gasteiger charge is -2.34. The Bertz CT molecular complexity index is 2090. The summed E-state index contributed by atoms with van der Waals surface area (Å²) < 4.78 is 83.0. The number of carbonyl (C=O) groups is 2. The highest BCUT2D eigenvalue weighted by Crippen LogP contribution is 2.49. The average molecular weight is 917 g/mol. The van der Waals surface area contributed by atoms with Crippen molar-refractivity contribution >= 4 is 35.4 Å². The quantitative estimate of drug-likeness (QED) is 0.106. The summed E-state index contributed by atoms with van der Waals surface area (Å²) in [5.74, 6) is -0.372. The first-order chi connectivity index (χ1) is 30.1. The van der Waals surface area contributed by atoms with Crippen LogP contribution >= 0.6 is 7.60 Å². The predicted molar refractivity (Wildman–Crippen MR) is 234 cm³/mol. The highest BCUT2D eigenvalue weighted by atomic mass is 32.2. The van der Waals surface area contributed by atoms with Crippen molar-refractivity contribution in [2.24, 2.45) is 11.8 Å². The minimum atomic E-state index is -4.09. The number of ether oxygens (including phenoxy) is 5. The second kappa shape index (κ2) is 22.1. The van der Waals surface area contributed by atoms with Gasteiger partial charge in [-0.15, -0.1) is 0 Å². The fraction of sp³-hybridized carbons (Fsp3) is 0.545. The molecule has 2 N–H and O–H groups in total. The SMILES string of the molecule is CCOC(=O)[C@H](C)OP(=O)(COc1ccc(C[C@H](NC(=O)O[C@H]2CO[C@H]3OCC[C@H]32)[C@H](O)CN(CC(C)C)S(=O)(=O)c2ccc(N3CCN(C)CC3)cc2)cc1)Oc1ccccc1. The van der Waals surface area contributed by atoms with Gasteiger partial charge in [0, 0.05) is 45.0 Å². The molecule has 3 aromatic carbocycles. The van der Waals surface area contributed by atoms with Crippen LogP contribution in [0.4, 0.5) is 10.5 Å². The minimum Gasteiger partial charge on any atom is -0.480 e. The Kier molecular flexibility index (Phi) is 16.9. The molecular weight excluding hydrogens is 856 g/mol. The number of aliphatic hydroxyl groups excluding tert-OH is 1. The second-order valence-corrected chi connectivity index (χ2v) is 20.2. The molecule has 3 aliphatic rings. The van der Waals surface area contributed by atoms with E-state index in [-0.39, 0.29) is 61.0 Å². The first-order valence-electron chi connectivity index (χ1n) is 21.4. The Hall–Kier alpha value is -4.26. The number of piperazine rings is 1. The number of para-hydroxylation sites is 1. The number of amides is 1. The summed E-state index contributed by atoms with van der Waals surface area (Å²) >= 11 is 0. The van der Waals surface area contributed by atoms with Crippen LogP contribution in [0.3, 0.4) is 0 Å². The Morgan fingerprint density at radius 1 is 0.937 bits per heavy atom. The van der Waals surface area contributed by atoms with Crippen LogP contribution in [0, 0.1) is 11.8 Å². The van der Waals surface area contributed by atoms with Crippen LogP contribution in [0.5, 0.6) is 11.5 Å². The summed E-state index contributed by atoms with van der Waals surface area (Å²) in [6.07, 6.45) is -4.18. The van der Waals surface area contributed by atoms with Gasteiger partial charge in [-0.1, -0.05) is 44.2 Å². The predicted octanol–water partition coefficient (Wildman–Crippen LogP) is 5.12. The van der Waals surface area contributed by atoms with E-state index in [0.717, 1.165) is 31.9 Å². The summed E-state index contributed by atoms with van der Waals surface area (Å²) in [5, 5.41) is 14.7. The summed E-state index contributed by atoms with van der Waals surface area (Å²) in [6, 6.07) is 20.8. The molecule has 6 rings (SSSR count). The van der Waals surface area contributed by atoms with Gasteiger partial charge in [-0.2, -0.15) is 4.31 Å². The summed E-state index contributed by atoms with van der Waals surface area (Å²) in [6.45, 7) is 10.9. The third-order valence-electron chi connectivity index (χ3n) is 11.0. The maximum Gasteiger partial charge on any atom is 0.417 e. The number of likely N-dealkylation sites (N-methyl/N-ethyl adjacent to an activating group) is 1. The lowest BCUT2D eigenvalue weighted by atomic mass is 10.0. The molecule has 63 heavy (non-hydrogen) atoms. The molecule has 0 saturated carbocycles. The normalized spacial score (nSPS) is 21.6. The first-order valence-corrected chi connectivity index (χ1v) is 24.6. The molecule has 3 saturated heterocycles. The number of hydrogen-bond acceptors (Lipinski definition) is 15. The van der Waals surface area contributed by atoms with Gasteiger partial charge in [0.25, 0.3) is 0 Å². The monoisotopic (exact) mass is 916 g/mol. The van der Waals surface area contributed by atoms with Crippen molar-refractivity contribution in [1.82, 2.24) is 14.5 Å². The maximum absolute atomic E-state index is 14.2. The number of fused-ring (bicyclic) bond motifs is 1. The Labute approximate surface area is 370 Å². The molecule has 3 heterocycles. The van der Waals surface area contributed by atoms with E-state index in [4.69, 9.17) is 32.7 Å². The van der Waals surface area contributed by atoms with Gasteiger partial charge in [-0.3, -0.25) is 4.52 Å². The largest absolute Gasteiger partial charge is 0.480 e. The molecule has 0 aromatic heterocycles. The topological polar surface area (TPSA) is 192 Å². The zero-order chi connectivity index (χ0) is 45.1. The number of nitrogens with zero attached hydrogens (tertiary/aromatic N) is 3. The molecular formula is C44H61N4O13PS. The van der Waals surface area contributed by atoms with Gasteiger partial charge in [0.05, 0.1) is 42.8 Å². The zero-order valence-electron chi connectivity index (χ0n) is 36.6. The van der Waals surface area contributed by atoms with Crippen molar-refractivity contribution in [3.63, 3.8) is 0 Å². The van der Waals surface area contributed by atoms with Crippen molar-refractivity contribution in [3.8, 4) is 11.5 Å². The van der Waals surface area contributed by atoms with E-state index in [2.05, 4.69) is 22.2 Å². The Morgan fingerprint density at radius 2 is 1.63 bits per heavy atom. The van der Waals surface area contributed by atoms with Gasteiger partial charge < -0.3 is 48.4 Å². The van der Waals surface area contributed by atoms with Gasteiger partial charge >= 0.3 is 19.7 Å². The van der Waals surface area contributed by atoms with Crippen LogP contribution in [0.25, 0.3) is 0 Å². The lowest BCUT2D eigenvalue weighted by Crippen LogP contribution is -2.51. The van der Waals surface area contributed by atoms with Gasteiger partial charge in [-0.25, -0.2) is 22.6 Å². The van der Waals surface area contributed by atoms with Crippen molar-refractivity contribution in [2.45, 2.75) is 76.1 Å². The van der Waals surface area contributed by atoms with E-state index in [1.54, 1.807) is 73.7 Å². The molecule has 0 spiro atoms. The second-order valence-electron chi connectivity index (χ2n) is 16.4. The van der Waals surface area contributed by atoms with Crippen molar-refractivity contribution < 1.29 is 60.4 Å². The molecule has 3 aliphatic heterocycles. The fourth-order valence-corrected chi connectivity index (χ4v) is 10.7. The number of hydrogen-bond donors (Lipinski definition) is 2. The van der Waals surface area contributed by atoms with Crippen molar-refractivity contribution in [1.29, 1.82) is 0 Å². The van der Waals surface area contributed by atoms with Gasteiger partial charge in [0.1, 0.15) is 17.6 Å². The van der Waals surface area contributed by atoms with E-state index in [0.29, 0.717) is 18.6 Å². The number of carbonyl (C=O) groups excluding carboxylic acids is 2. The van der Waals surface area contributed by atoms with Gasteiger partial charge in [0.15, 0.2) is 12.4 Å². The first kappa shape index (κ1) is 48.2.